The number of aromatic amines is 1. The molecule has 2 atom stereocenters. The first kappa shape index (κ1) is 18.6. The van der Waals surface area contributed by atoms with Gasteiger partial charge >= 0.3 is 6.18 Å². The maximum Gasteiger partial charge on any atom is 0.389 e. The SMILES string of the molecule is CC1CCC(C(=O)CCC(F)(F)F)CN1N(C)c1ncnc2[nH]ccc12. The molecule has 0 spiro atoms. The van der Waals surface area contributed by atoms with E-state index in [1.54, 1.807) is 6.20 Å². The Labute approximate surface area is 149 Å². The van der Waals surface area contributed by atoms with E-state index in [4.69, 9.17) is 0 Å². The molecule has 3 rings (SSSR count). The first-order valence-corrected chi connectivity index (χ1v) is 8.64. The van der Waals surface area contributed by atoms with E-state index in [-0.39, 0.29) is 17.7 Å². The van der Waals surface area contributed by atoms with Crippen molar-refractivity contribution in [2.24, 2.45) is 5.92 Å². The molecule has 9 heteroatoms. The van der Waals surface area contributed by atoms with Crippen molar-refractivity contribution >= 4 is 22.6 Å². The largest absolute Gasteiger partial charge is 0.389 e. The molecule has 2 unspecified atom stereocenters. The van der Waals surface area contributed by atoms with Crippen LogP contribution >= 0.6 is 0 Å². The number of Topliss-reactive ketones (excluding diaryl/α,β-unsaturated/α-hetero) is 1. The van der Waals surface area contributed by atoms with Crippen LogP contribution in [-0.4, -0.2) is 51.6 Å². The van der Waals surface area contributed by atoms with Crippen LogP contribution in [0.5, 0.6) is 0 Å². The average molecular weight is 369 g/mol. The molecule has 142 valence electrons. The molecule has 0 aromatic carbocycles. The average Bonchev–Trinajstić information content (AvgIpc) is 3.07. The molecule has 0 aliphatic carbocycles. The van der Waals surface area contributed by atoms with Gasteiger partial charge in [-0.2, -0.15) is 13.2 Å². The van der Waals surface area contributed by atoms with E-state index in [1.807, 2.05) is 30.1 Å². The fraction of sp³-hybridized carbons (Fsp3) is 0.588. The maximum atomic E-state index is 12.4. The molecule has 3 heterocycles. The van der Waals surface area contributed by atoms with E-state index >= 15 is 0 Å². The second-order valence-corrected chi connectivity index (χ2v) is 6.79. The van der Waals surface area contributed by atoms with Gasteiger partial charge in [0.15, 0.2) is 5.82 Å². The molecule has 0 radical (unpaired) electrons. The number of piperidine rings is 1. The van der Waals surface area contributed by atoms with Gasteiger partial charge in [0, 0.05) is 38.2 Å². The van der Waals surface area contributed by atoms with Crippen LogP contribution in [0.4, 0.5) is 19.0 Å². The van der Waals surface area contributed by atoms with Gasteiger partial charge in [0.05, 0.1) is 11.8 Å². The number of carbonyl (C=O) groups excluding carboxylic acids is 1. The van der Waals surface area contributed by atoms with Gasteiger partial charge in [-0.15, -0.1) is 0 Å². The van der Waals surface area contributed by atoms with E-state index in [0.29, 0.717) is 24.4 Å². The monoisotopic (exact) mass is 369 g/mol. The fourth-order valence-corrected chi connectivity index (χ4v) is 3.48. The lowest BCUT2D eigenvalue weighted by Gasteiger charge is -2.43. The van der Waals surface area contributed by atoms with Crippen molar-refractivity contribution in [1.29, 1.82) is 0 Å². The number of H-pyrrole nitrogens is 1. The fourth-order valence-electron chi connectivity index (χ4n) is 3.48. The smallest absolute Gasteiger partial charge is 0.346 e. The van der Waals surface area contributed by atoms with Crippen molar-refractivity contribution in [3.05, 3.63) is 18.6 Å². The lowest BCUT2D eigenvalue weighted by Crippen LogP contribution is -2.52. The van der Waals surface area contributed by atoms with E-state index in [1.165, 1.54) is 6.33 Å². The summed E-state index contributed by atoms with van der Waals surface area (Å²) >= 11 is 0. The summed E-state index contributed by atoms with van der Waals surface area (Å²) in [4.78, 5) is 23.8. The van der Waals surface area contributed by atoms with Crippen molar-refractivity contribution < 1.29 is 18.0 Å². The third-order valence-corrected chi connectivity index (χ3v) is 4.98. The summed E-state index contributed by atoms with van der Waals surface area (Å²) < 4.78 is 37.2. The molecule has 1 N–H and O–H groups in total. The van der Waals surface area contributed by atoms with Gasteiger partial charge in [-0.25, -0.2) is 15.0 Å². The Hall–Kier alpha value is -2.16. The summed E-state index contributed by atoms with van der Waals surface area (Å²) in [5.74, 6) is -0.00635. The van der Waals surface area contributed by atoms with Gasteiger partial charge in [0.25, 0.3) is 0 Å². The highest BCUT2D eigenvalue weighted by Crippen LogP contribution is 2.30. The summed E-state index contributed by atoms with van der Waals surface area (Å²) in [6.07, 6.45) is -1.20. The lowest BCUT2D eigenvalue weighted by molar-refractivity contribution is -0.145. The Morgan fingerprint density at radius 2 is 2.15 bits per heavy atom. The van der Waals surface area contributed by atoms with Crippen molar-refractivity contribution in [2.75, 3.05) is 18.6 Å². The number of anilines is 1. The number of hydrogen-bond donors (Lipinski definition) is 1. The standard InChI is InChI=1S/C17H22F3N5O/c1-11-3-4-12(14(26)5-7-17(18,19)20)9-25(11)24(2)16-13-6-8-21-15(13)22-10-23-16/h6,8,10-12H,3-5,7,9H2,1-2H3,(H,21,22,23). The van der Waals surface area contributed by atoms with Crippen LogP contribution in [0.15, 0.2) is 18.6 Å². The van der Waals surface area contributed by atoms with Gasteiger partial charge in [-0.3, -0.25) is 9.80 Å². The molecular formula is C17H22F3N5O. The second kappa shape index (κ2) is 7.22. The molecule has 1 fully saturated rings. The first-order chi connectivity index (χ1) is 12.3. The van der Waals surface area contributed by atoms with Crippen LogP contribution in [0.25, 0.3) is 11.0 Å². The predicted molar refractivity (Wildman–Crippen MR) is 91.5 cm³/mol. The minimum atomic E-state index is -4.30. The number of alkyl halides is 3. The van der Waals surface area contributed by atoms with Crippen LogP contribution in [0, 0.1) is 5.92 Å². The number of hydrogen-bond acceptors (Lipinski definition) is 5. The highest BCUT2D eigenvalue weighted by molar-refractivity contribution is 5.87. The summed E-state index contributed by atoms with van der Waals surface area (Å²) in [6.45, 7) is 2.44. The number of ketones is 1. The number of aromatic nitrogens is 3. The summed E-state index contributed by atoms with van der Waals surface area (Å²) in [5, 5.41) is 4.74. The molecule has 26 heavy (non-hydrogen) atoms. The van der Waals surface area contributed by atoms with Crippen molar-refractivity contribution in [3.63, 3.8) is 0 Å². The van der Waals surface area contributed by atoms with Crippen LogP contribution in [0.3, 0.4) is 0 Å². The third-order valence-electron chi connectivity index (χ3n) is 4.98. The quantitative estimate of drug-likeness (QED) is 0.876. The van der Waals surface area contributed by atoms with Crippen LogP contribution in [0.1, 0.15) is 32.6 Å². The van der Waals surface area contributed by atoms with Gasteiger partial charge in [0.1, 0.15) is 17.8 Å². The molecule has 1 aliphatic rings. The zero-order valence-electron chi connectivity index (χ0n) is 14.8. The van der Waals surface area contributed by atoms with Gasteiger partial charge < -0.3 is 4.98 Å². The van der Waals surface area contributed by atoms with Crippen LogP contribution < -0.4 is 5.01 Å². The Bertz CT molecular complexity index is 775. The number of fused-ring (bicyclic) bond motifs is 1. The maximum absolute atomic E-state index is 12.4. The molecule has 2 aromatic rings. The van der Waals surface area contributed by atoms with Gasteiger partial charge in [-0.1, -0.05) is 0 Å². The minimum absolute atomic E-state index is 0.163. The van der Waals surface area contributed by atoms with E-state index in [9.17, 15) is 18.0 Å². The Morgan fingerprint density at radius 3 is 2.88 bits per heavy atom. The Morgan fingerprint density at radius 1 is 1.38 bits per heavy atom. The third kappa shape index (κ3) is 3.98. The molecule has 0 bridgehead atoms. The topological polar surface area (TPSA) is 65.1 Å². The van der Waals surface area contributed by atoms with E-state index in [0.717, 1.165) is 11.8 Å². The van der Waals surface area contributed by atoms with Crippen molar-refractivity contribution in [1.82, 2.24) is 20.0 Å². The Kier molecular flexibility index (Phi) is 5.17. The summed E-state index contributed by atoms with van der Waals surface area (Å²) in [6, 6.07) is 2.04. The van der Waals surface area contributed by atoms with E-state index in [2.05, 4.69) is 15.0 Å². The zero-order chi connectivity index (χ0) is 18.9. The number of carbonyl (C=O) groups is 1. The number of nitrogens with zero attached hydrogens (tertiary/aromatic N) is 4. The zero-order valence-corrected chi connectivity index (χ0v) is 14.8. The number of rotatable bonds is 5. The lowest BCUT2D eigenvalue weighted by atomic mass is 9.89. The first-order valence-electron chi connectivity index (χ1n) is 8.64. The van der Waals surface area contributed by atoms with Crippen molar-refractivity contribution in [2.45, 2.75) is 44.8 Å². The molecule has 0 amide bonds. The molecular weight excluding hydrogens is 347 g/mol. The van der Waals surface area contributed by atoms with Gasteiger partial charge in [-0.05, 0) is 25.8 Å². The predicted octanol–water partition coefficient (Wildman–Crippen LogP) is 3.32. The van der Waals surface area contributed by atoms with Crippen molar-refractivity contribution in [3.8, 4) is 0 Å². The molecule has 1 saturated heterocycles. The Balaban J connectivity index is 1.74. The normalized spacial score (nSPS) is 21.9. The molecule has 6 nitrogen and oxygen atoms in total. The minimum Gasteiger partial charge on any atom is -0.346 e. The molecule has 0 saturated carbocycles. The number of nitrogens with one attached hydrogen (secondary N) is 1. The summed E-state index contributed by atoms with van der Waals surface area (Å²) in [5.41, 5.74) is 0.712. The van der Waals surface area contributed by atoms with Crippen LogP contribution in [0.2, 0.25) is 0 Å². The van der Waals surface area contributed by atoms with Crippen LogP contribution in [-0.2, 0) is 4.79 Å². The number of halogens is 3. The number of hydrazine groups is 1. The highest BCUT2D eigenvalue weighted by atomic mass is 19.4. The van der Waals surface area contributed by atoms with E-state index < -0.39 is 19.0 Å². The second-order valence-electron chi connectivity index (χ2n) is 6.79. The highest BCUT2D eigenvalue weighted by Gasteiger charge is 2.35. The summed E-state index contributed by atoms with van der Waals surface area (Å²) in [7, 11) is 1.86. The van der Waals surface area contributed by atoms with Gasteiger partial charge in [0.2, 0.25) is 0 Å². The molecule has 2 aromatic heterocycles. The molecule has 1 aliphatic heterocycles.